The van der Waals surface area contributed by atoms with Crippen molar-refractivity contribution in [1.82, 2.24) is 10.4 Å². The summed E-state index contributed by atoms with van der Waals surface area (Å²) in [6, 6.07) is 0. The minimum atomic E-state index is -0.833. The van der Waals surface area contributed by atoms with Gasteiger partial charge in [0.05, 0.1) is 0 Å². The predicted molar refractivity (Wildman–Crippen MR) is 38.7 cm³/mol. The van der Waals surface area contributed by atoms with Crippen LogP contribution in [0.3, 0.4) is 0 Å². The predicted octanol–water partition coefficient (Wildman–Crippen LogP) is -0.556. The minimum Gasteiger partial charge on any atom is -0.481 e. The number of carbonyl (C=O) groups excluding carboxylic acids is 1. The highest BCUT2D eigenvalue weighted by Crippen LogP contribution is 1.94. The Balaban J connectivity index is 0.000000218. The average Bonchev–Trinajstić information content (AvgIpc) is 2.45. The summed E-state index contributed by atoms with van der Waals surface area (Å²) in [7, 11) is 0. The van der Waals surface area contributed by atoms with Crippen LogP contribution in [-0.2, 0) is 9.59 Å². The molecule has 0 radical (unpaired) electrons. The molecule has 64 valence electrons. The lowest BCUT2D eigenvalue weighted by atomic mass is 10.8. The molecule has 1 aliphatic heterocycles. The number of hydrogen-bond donors (Lipinski definition) is 2. The smallest absolute Gasteiger partial charge is 0.300 e. The van der Waals surface area contributed by atoms with Gasteiger partial charge in [0.25, 0.3) is 5.97 Å². The molecule has 0 spiro atoms. The molecule has 2 N–H and O–H groups in total. The molecule has 1 amide bonds. The number of rotatable bonds is 1. The number of carboxylic acids is 1. The van der Waals surface area contributed by atoms with Crippen LogP contribution in [0.1, 0.15) is 13.8 Å². The summed E-state index contributed by atoms with van der Waals surface area (Å²) in [4.78, 5) is 19.1. The topological polar surface area (TPSA) is 69.4 Å². The van der Waals surface area contributed by atoms with E-state index in [0.717, 1.165) is 20.0 Å². The van der Waals surface area contributed by atoms with E-state index in [1.54, 1.807) is 0 Å². The van der Waals surface area contributed by atoms with Crippen LogP contribution >= 0.6 is 0 Å². The maximum Gasteiger partial charge on any atom is 0.300 e. The number of carboxylic acid groups (broad SMARTS) is 1. The van der Waals surface area contributed by atoms with Crippen molar-refractivity contribution in [1.29, 1.82) is 0 Å². The lowest BCUT2D eigenvalue weighted by molar-refractivity contribution is -0.134. The molecule has 0 unspecified atom stereocenters. The standard InChI is InChI=1S/C4H8N2O.C2H4O2/c1-4(7)5-6-2-3-6;1-2(3)4/h2-3H2,1H3,(H,5,7);1H3,(H,3,4). The van der Waals surface area contributed by atoms with Crippen molar-refractivity contribution >= 4 is 11.9 Å². The first-order valence-corrected chi connectivity index (χ1v) is 3.24. The Morgan fingerprint density at radius 1 is 1.36 bits per heavy atom. The molecule has 11 heavy (non-hydrogen) atoms. The molecule has 0 aliphatic carbocycles. The Labute approximate surface area is 65.0 Å². The molecule has 1 heterocycles. The van der Waals surface area contributed by atoms with Gasteiger partial charge in [-0.25, -0.2) is 5.01 Å². The van der Waals surface area contributed by atoms with Gasteiger partial charge in [-0.1, -0.05) is 0 Å². The van der Waals surface area contributed by atoms with Crippen molar-refractivity contribution in [3.8, 4) is 0 Å². The van der Waals surface area contributed by atoms with E-state index in [-0.39, 0.29) is 5.91 Å². The number of aliphatic carboxylic acids is 1. The number of nitrogens with zero attached hydrogens (tertiary/aromatic N) is 1. The molecule has 1 aliphatic rings. The van der Waals surface area contributed by atoms with E-state index in [9.17, 15) is 4.79 Å². The first-order valence-electron chi connectivity index (χ1n) is 3.24. The van der Waals surface area contributed by atoms with Gasteiger partial charge >= 0.3 is 0 Å². The molecule has 1 fully saturated rings. The maximum atomic E-state index is 10.1. The van der Waals surface area contributed by atoms with E-state index in [1.165, 1.54) is 6.92 Å². The van der Waals surface area contributed by atoms with Gasteiger partial charge in [-0.2, -0.15) is 0 Å². The van der Waals surface area contributed by atoms with Gasteiger partial charge in [-0.15, -0.1) is 0 Å². The van der Waals surface area contributed by atoms with E-state index in [1.807, 2.05) is 5.01 Å². The summed E-state index contributed by atoms with van der Waals surface area (Å²) in [5.74, 6) is -0.808. The fourth-order valence-corrected chi connectivity index (χ4v) is 0.384. The highest BCUT2D eigenvalue weighted by molar-refractivity contribution is 5.72. The van der Waals surface area contributed by atoms with Crippen LogP contribution in [0.4, 0.5) is 0 Å². The van der Waals surface area contributed by atoms with Crippen molar-refractivity contribution < 1.29 is 14.7 Å². The SMILES string of the molecule is CC(=O)NN1CC1.CC(=O)O. The lowest BCUT2D eigenvalue weighted by Crippen LogP contribution is -2.25. The molecular formula is C6H12N2O3. The Hall–Kier alpha value is -1.10. The molecule has 0 aromatic heterocycles. The molecule has 5 heteroatoms. The van der Waals surface area contributed by atoms with Crippen molar-refractivity contribution in [2.24, 2.45) is 0 Å². The molecular weight excluding hydrogens is 148 g/mol. The molecule has 5 nitrogen and oxygen atoms in total. The minimum absolute atomic E-state index is 0.0255. The number of nitrogens with one attached hydrogen (secondary N) is 1. The molecule has 0 bridgehead atoms. The van der Waals surface area contributed by atoms with Crippen LogP contribution in [0, 0.1) is 0 Å². The molecule has 0 aromatic carbocycles. The van der Waals surface area contributed by atoms with Crippen molar-refractivity contribution in [3.05, 3.63) is 0 Å². The lowest BCUT2D eigenvalue weighted by Gasteiger charge is -1.95. The fourth-order valence-electron chi connectivity index (χ4n) is 0.384. The van der Waals surface area contributed by atoms with Crippen LogP contribution in [0.5, 0.6) is 0 Å². The van der Waals surface area contributed by atoms with Crippen LogP contribution in [0.2, 0.25) is 0 Å². The summed E-state index contributed by atoms with van der Waals surface area (Å²) in [6.45, 7) is 4.62. The summed E-state index contributed by atoms with van der Waals surface area (Å²) >= 11 is 0. The summed E-state index contributed by atoms with van der Waals surface area (Å²) in [6.07, 6.45) is 0. The summed E-state index contributed by atoms with van der Waals surface area (Å²) in [5, 5.41) is 9.27. The second-order valence-corrected chi connectivity index (χ2v) is 2.17. The first kappa shape index (κ1) is 9.90. The molecule has 1 rings (SSSR count). The van der Waals surface area contributed by atoms with E-state index in [2.05, 4.69) is 5.43 Å². The zero-order valence-electron chi connectivity index (χ0n) is 6.63. The van der Waals surface area contributed by atoms with Crippen molar-refractivity contribution in [2.75, 3.05) is 13.1 Å². The van der Waals surface area contributed by atoms with Gasteiger partial charge in [-0.05, 0) is 0 Å². The number of hydrazine groups is 1. The third-order valence-corrected chi connectivity index (χ3v) is 0.763. The largest absolute Gasteiger partial charge is 0.481 e. The van der Waals surface area contributed by atoms with E-state index < -0.39 is 5.97 Å². The van der Waals surface area contributed by atoms with Gasteiger partial charge in [-0.3, -0.25) is 15.0 Å². The second kappa shape index (κ2) is 4.68. The van der Waals surface area contributed by atoms with Gasteiger partial charge in [0.1, 0.15) is 0 Å². The highest BCUT2D eigenvalue weighted by Gasteiger charge is 2.16. The van der Waals surface area contributed by atoms with Crippen molar-refractivity contribution in [3.63, 3.8) is 0 Å². The Kier molecular flexibility index (Phi) is 4.21. The number of hydrogen-bond acceptors (Lipinski definition) is 3. The average molecular weight is 160 g/mol. The quantitative estimate of drug-likeness (QED) is 0.505. The zero-order chi connectivity index (χ0) is 8.85. The van der Waals surface area contributed by atoms with Crippen molar-refractivity contribution in [2.45, 2.75) is 13.8 Å². The zero-order valence-corrected chi connectivity index (χ0v) is 6.63. The van der Waals surface area contributed by atoms with Crippen LogP contribution in [-0.4, -0.2) is 35.1 Å². The van der Waals surface area contributed by atoms with Gasteiger partial charge in [0.2, 0.25) is 5.91 Å². The van der Waals surface area contributed by atoms with E-state index in [0.29, 0.717) is 0 Å². The highest BCUT2D eigenvalue weighted by atomic mass is 16.4. The normalized spacial score (nSPS) is 14.4. The third-order valence-electron chi connectivity index (χ3n) is 0.763. The Bertz CT molecular complexity index is 150. The third kappa shape index (κ3) is 12.2. The van der Waals surface area contributed by atoms with Crippen LogP contribution in [0.15, 0.2) is 0 Å². The summed E-state index contributed by atoms with van der Waals surface area (Å²) < 4.78 is 0. The van der Waals surface area contributed by atoms with E-state index in [4.69, 9.17) is 9.90 Å². The van der Waals surface area contributed by atoms with Gasteiger partial charge in [0, 0.05) is 26.9 Å². The van der Waals surface area contributed by atoms with Crippen LogP contribution < -0.4 is 5.43 Å². The second-order valence-electron chi connectivity index (χ2n) is 2.17. The monoisotopic (exact) mass is 160 g/mol. The van der Waals surface area contributed by atoms with Gasteiger partial charge in [0.15, 0.2) is 0 Å². The maximum absolute atomic E-state index is 10.1. The number of amides is 1. The molecule has 0 atom stereocenters. The Morgan fingerprint density at radius 2 is 1.73 bits per heavy atom. The molecule has 1 saturated heterocycles. The summed E-state index contributed by atoms with van der Waals surface area (Å²) in [5.41, 5.74) is 2.61. The Morgan fingerprint density at radius 3 is 1.82 bits per heavy atom. The molecule has 0 saturated carbocycles. The number of carbonyl (C=O) groups is 2. The fraction of sp³-hybridized carbons (Fsp3) is 0.667. The van der Waals surface area contributed by atoms with E-state index >= 15 is 0 Å². The first-order chi connectivity index (χ1) is 5.02. The van der Waals surface area contributed by atoms with Gasteiger partial charge < -0.3 is 5.11 Å². The molecule has 0 aromatic rings. The van der Waals surface area contributed by atoms with Crippen LogP contribution in [0.25, 0.3) is 0 Å².